The number of nitrogens with zero attached hydrogens (tertiary/aromatic N) is 2. The van der Waals surface area contributed by atoms with Gasteiger partial charge in [0.15, 0.2) is 5.03 Å². The van der Waals surface area contributed by atoms with Gasteiger partial charge in [-0.15, -0.1) is 0 Å². The van der Waals surface area contributed by atoms with Crippen molar-refractivity contribution in [3.8, 4) is 0 Å². The number of imidazole rings is 1. The number of rotatable bonds is 4. The van der Waals surface area contributed by atoms with Crippen LogP contribution >= 0.6 is 15.9 Å². The third kappa shape index (κ3) is 2.90. The number of aromatic amines is 1. The first-order valence-electron chi connectivity index (χ1n) is 4.85. The van der Waals surface area contributed by atoms with E-state index in [0.717, 1.165) is 6.20 Å². The first-order valence-corrected chi connectivity index (χ1v) is 7.13. The summed E-state index contributed by atoms with van der Waals surface area (Å²) in [5.74, 6) is 0. The lowest BCUT2D eigenvalue weighted by Gasteiger charge is -2.06. The highest BCUT2D eigenvalue weighted by Crippen LogP contribution is 2.29. The molecular weight excluding hydrogens is 340 g/mol. The number of benzene rings is 1. The Hall–Kier alpha value is -1.94. The van der Waals surface area contributed by atoms with Crippen LogP contribution in [0.1, 0.15) is 0 Å². The lowest BCUT2D eigenvalue weighted by Crippen LogP contribution is -2.14. The normalized spacial score (nSPS) is 11.2. The van der Waals surface area contributed by atoms with Crippen LogP contribution in [0.2, 0.25) is 0 Å². The maximum absolute atomic E-state index is 11.9. The van der Waals surface area contributed by atoms with Crippen LogP contribution in [0, 0.1) is 10.1 Å². The lowest BCUT2D eigenvalue weighted by molar-refractivity contribution is -0.384. The Bertz CT molecular complexity index is 714. The first-order chi connectivity index (χ1) is 8.90. The van der Waals surface area contributed by atoms with Crippen LogP contribution in [0.25, 0.3) is 0 Å². The minimum Gasteiger partial charge on any atom is -0.334 e. The van der Waals surface area contributed by atoms with Crippen molar-refractivity contribution < 1.29 is 13.3 Å². The van der Waals surface area contributed by atoms with Crippen LogP contribution in [-0.2, 0) is 10.0 Å². The average molecular weight is 347 g/mol. The molecular formula is C9H7BrN4O4S. The molecule has 0 aliphatic heterocycles. The second-order valence-corrected chi connectivity index (χ2v) is 6.01. The van der Waals surface area contributed by atoms with Gasteiger partial charge in [-0.3, -0.25) is 14.8 Å². The zero-order chi connectivity index (χ0) is 14.0. The van der Waals surface area contributed by atoms with Crippen molar-refractivity contribution >= 4 is 37.3 Å². The van der Waals surface area contributed by atoms with Gasteiger partial charge in [-0.05, 0) is 12.1 Å². The summed E-state index contributed by atoms with van der Waals surface area (Å²) in [6, 6.07) is 4.01. The second kappa shape index (κ2) is 4.97. The Morgan fingerprint density at radius 1 is 1.42 bits per heavy atom. The van der Waals surface area contributed by atoms with Crippen molar-refractivity contribution in [1.29, 1.82) is 0 Å². The van der Waals surface area contributed by atoms with Crippen LogP contribution in [-0.4, -0.2) is 23.3 Å². The molecule has 1 heterocycles. The molecule has 19 heavy (non-hydrogen) atoms. The summed E-state index contributed by atoms with van der Waals surface area (Å²) in [5, 5.41) is 10.7. The van der Waals surface area contributed by atoms with Gasteiger partial charge >= 0.3 is 0 Å². The van der Waals surface area contributed by atoms with Gasteiger partial charge in [0.25, 0.3) is 15.7 Å². The van der Waals surface area contributed by atoms with Gasteiger partial charge in [-0.1, -0.05) is 15.9 Å². The average Bonchev–Trinajstić information content (AvgIpc) is 2.85. The van der Waals surface area contributed by atoms with Gasteiger partial charge in [0.05, 0.1) is 17.4 Å². The molecule has 0 radical (unpaired) electrons. The summed E-state index contributed by atoms with van der Waals surface area (Å²) in [7, 11) is -3.93. The van der Waals surface area contributed by atoms with E-state index in [1.165, 1.54) is 24.5 Å². The highest BCUT2D eigenvalue weighted by atomic mass is 79.9. The molecule has 0 fully saturated rings. The van der Waals surface area contributed by atoms with E-state index >= 15 is 0 Å². The lowest BCUT2D eigenvalue weighted by atomic mass is 10.3. The SMILES string of the molecule is O=[N+]([O-])c1cc(Br)ccc1NS(=O)(=O)c1cnc[nH]1. The van der Waals surface area contributed by atoms with Crippen molar-refractivity contribution in [2.24, 2.45) is 0 Å². The van der Waals surface area contributed by atoms with Crippen LogP contribution in [0.4, 0.5) is 11.4 Å². The number of H-pyrrole nitrogens is 1. The monoisotopic (exact) mass is 346 g/mol. The predicted octanol–water partition coefficient (Wildman–Crippen LogP) is 1.88. The summed E-state index contributed by atoms with van der Waals surface area (Å²) in [4.78, 5) is 16.2. The smallest absolute Gasteiger partial charge is 0.294 e. The molecule has 0 aliphatic carbocycles. The summed E-state index contributed by atoms with van der Waals surface area (Å²) in [6.45, 7) is 0. The van der Waals surface area contributed by atoms with Crippen molar-refractivity contribution in [2.75, 3.05) is 4.72 Å². The molecule has 0 atom stereocenters. The number of hydrogen-bond acceptors (Lipinski definition) is 5. The van der Waals surface area contributed by atoms with E-state index in [0.29, 0.717) is 4.47 Å². The number of nitrogens with one attached hydrogen (secondary N) is 2. The topological polar surface area (TPSA) is 118 Å². The van der Waals surface area contributed by atoms with Crippen LogP contribution < -0.4 is 4.72 Å². The van der Waals surface area contributed by atoms with Gasteiger partial charge in [-0.2, -0.15) is 8.42 Å². The fourth-order valence-corrected chi connectivity index (χ4v) is 2.66. The Morgan fingerprint density at radius 2 is 2.16 bits per heavy atom. The van der Waals surface area contributed by atoms with Gasteiger partial charge in [0.1, 0.15) is 5.69 Å². The number of halogens is 1. The molecule has 0 unspecified atom stereocenters. The summed E-state index contributed by atoms with van der Waals surface area (Å²) < 4.78 is 26.4. The molecule has 100 valence electrons. The number of sulfonamides is 1. The summed E-state index contributed by atoms with van der Waals surface area (Å²) in [5.41, 5.74) is -0.472. The highest BCUT2D eigenvalue weighted by molar-refractivity contribution is 9.10. The zero-order valence-corrected chi connectivity index (χ0v) is 11.6. The van der Waals surface area contributed by atoms with E-state index in [1.807, 2.05) is 0 Å². The van der Waals surface area contributed by atoms with Crippen molar-refractivity contribution in [3.63, 3.8) is 0 Å². The van der Waals surface area contributed by atoms with Crippen LogP contribution in [0.5, 0.6) is 0 Å². The quantitative estimate of drug-likeness (QED) is 0.647. The predicted molar refractivity (Wildman–Crippen MR) is 70.2 cm³/mol. The fraction of sp³-hybridized carbons (Fsp3) is 0. The minimum atomic E-state index is -3.93. The number of nitro benzene ring substituents is 1. The number of aromatic nitrogens is 2. The molecule has 0 bridgehead atoms. The molecule has 2 N–H and O–H groups in total. The maximum Gasteiger partial charge on any atom is 0.294 e. The first kappa shape index (κ1) is 13.5. The van der Waals surface area contributed by atoms with E-state index in [2.05, 4.69) is 30.6 Å². The Morgan fingerprint density at radius 3 is 2.74 bits per heavy atom. The molecule has 1 aromatic heterocycles. The molecule has 1 aromatic carbocycles. The van der Waals surface area contributed by atoms with E-state index in [9.17, 15) is 18.5 Å². The minimum absolute atomic E-state index is 0.122. The number of anilines is 1. The van der Waals surface area contributed by atoms with Gasteiger partial charge in [-0.25, -0.2) is 4.98 Å². The number of hydrogen-bond donors (Lipinski definition) is 2. The molecule has 2 aromatic rings. The third-order valence-electron chi connectivity index (χ3n) is 2.16. The number of nitro groups is 1. The standard InChI is InChI=1S/C9H7BrN4O4S/c10-6-1-2-7(8(3-6)14(15)16)13-19(17,18)9-4-11-5-12-9/h1-5,13H,(H,11,12). The molecule has 0 aliphatic rings. The van der Waals surface area contributed by atoms with Crippen molar-refractivity contribution in [2.45, 2.75) is 5.03 Å². The second-order valence-electron chi connectivity index (χ2n) is 3.44. The van der Waals surface area contributed by atoms with E-state index < -0.39 is 14.9 Å². The Balaban J connectivity index is 2.42. The highest BCUT2D eigenvalue weighted by Gasteiger charge is 2.21. The van der Waals surface area contributed by atoms with Crippen LogP contribution in [0.3, 0.4) is 0 Å². The van der Waals surface area contributed by atoms with Crippen LogP contribution in [0.15, 0.2) is 40.2 Å². The zero-order valence-electron chi connectivity index (χ0n) is 9.20. The summed E-state index contributed by atoms with van der Waals surface area (Å²) >= 11 is 3.09. The summed E-state index contributed by atoms with van der Waals surface area (Å²) in [6.07, 6.45) is 2.30. The molecule has 0 saturated carbocycles. The van der Waals surface area contributed by atoms with Crippen molar-refractivity contribution in [3.05, 3.63) is 45.3 Å². The van der Waals surface area contributed by atoms with Gasteiger partial charge in [0.2, 0.25) is 0 Å². The van der Waals surface area contributed by atoms with E-state index in [-0.39, 0.29) is 16.4 Å². The van der Waals surface area contributed by atoms with Gasteiger partial charge < -0.3 is 4.98 Å². The van der Waals surface area contributed by atoms with Gasteiger partial charge in [0, 0.05) is 10.5 Å². The Kier molecular flexibility index (Phi) is 3.53. The molecule has 0 amide bonds. The molecule has 2 rings (SSSR count). The molecule has 8 nitrogen and oxygen atoms in total. The molecule has 0 saturated heterocycles. The maximum atomic E-state index is 11.9. The third-order valence-corrected chi connectivity index (χ3v) is 3.95. The van der Waals surface area contributed by atoms with Crippen molar-refractivity contribution in [1.82, 2.24) is 9.97 Å². The molecule has 0 spiro atoms. The fourth-order valence-electron chi connectivity index (χ4n) is 1.33. The van der Waals surface area contributed by atoms with E-state index in [4.69, 9.17) is 0 Å². The largest absolute Gasteiger partial charge is 0.334 e. The Labute approximate surface area is 116 Å². The molecule has 10 heteroatoms. The van der Waals surface area contributed by atoms with E-state index in [1.54, 1.807) is 0 Å².